The Bertz CT molecular complexity index is 471. The van der Waals surface area contributed by atoms with Gasteiger partial charge in [0, 0.05) is 18.3 Å². The zero-order valence-corrected chi connectivity index (χ0v) is 11.1. The second kappa shape index (κ2) is 4.55. The van der Waals surface area contributed by atoms with Crippen molar-refractivity contribution in [1.29, 1.82) is 0 Å². The van der Waals surface area contributed by atoms with Gasteiger partial charge in [-0.2, -0.15) is 0 Å². The van der Waals surface area contributed by atoms with Crippen molar-refractivity contribution in [2.45, 2.75) is 45.1 Å². The number of nitrogens with zero attached hydrogens (tertiary/aromatic N) is 3. The van der Waals surface area contributed by atoms with Gasteiger partial charge in [-0.25, -0.2) is 14.8 Å². The molecule has 0 aliphatic heterocycles. The average molecular weight is 249 g/mol. The summed E-state index contributed by atoms with van der Waals surface area (Å²) < 4.78 is 0. The summed E-state index contributed by atoms with van der Waals surface area (Å²) in [5, 5.41) is 9.29. The molecule has 5 heteroatoms. The molecule has 0 saturated heterocycles. The zero-order valence-electron chi connectivity index (χ0n) is 11.1. The first-order chi connectivity index (χ1) is 8.44. The minimum Gasteiger partial charge on any atom is -0.480 e. The molecule has 1 aliphatic carbocycles. The third-order valence-corrected chi connectivity index (χ3v) is 3.78. The number of likely N-dealkylation sites (N-methyl/N-ethyl adjacent to an activating group) is 1. The maximum atomic E-state index is 11.3. The van der Waals surface area contributed by atoms with E-state index < -0.39 is 11.5 Å². The van der Waals surface area contributed by atoms with Gasteiger partial charge in [0.2, 0.25) is 0 Å². The van der Waals surface area contributed by atoms with Crippen molar-refractivity contribution in [2.24, 2.45) is 0 Å². The van der Waals surface area contributed by atoms with Crippen molar-refractivity contribution in [1.82, 2.24) is 9.97 Å². The predicted molar refractivity (Wildman–Crippen MR) is 68.8 cm³/mol. The number of anilines is 1. The Kier molecular flexibility index (Phi) is 3.24. The van der Waals surface area contributed by atoms with Gasteiger partial charge in [-0.3, -0.25) is 0 Å². The Hall–Kier alpha value is -1.65. The average Bonchev–Trinajstić information content (AvgIpc) is 2.37. The maximum absolute atomic E-state index is 11.3. The van der Waals surface area contributed by atoms with E-state index in [-0.39, 0.29) is 0 Å². The minimum atomic E-state index is -0.973. The highest BCUT2D eigenvalue weighted by atomic mass is 16.4. The number of carboxylic acids is 1. The second-order valence-corrected chi connectivity index (χ2v) is 5.25. The molecule has 2 rings (SSSR count). The van der Waals surface area contributed by atoms with E-state index >= 15 is 0 Å². The van der Waals surface area contributed by atoms with E-state index in [1.165, 1.54) is 6.33 Å². The number of hydrogen-bond acceptors (Lipinski definition) is 4. The molecule has 98 valence electrons. The molecular formula is C13H19N3O2. The Morgan fingerprint density at radius 2 is 2.00 bits per heavy atom. The summed E-state index contributed by atoms with van der Waals surface area (Å²) in [6.45, 7) is 3.37. The summed E-state index contributed by atoms with van der Waals surface area (Å²) in [7, 11) is 1.78. The molecule has 0 unspecified atom stereocenters. The fraction of sp³-hybridized carbons (Fsp3) is 0.615. The molecule has 0 bridgehead atoms. The lowest BCUT2D eigenvalue weighted by molar-refractivity contribution is -0.142. The standard InChI is InChI=1S/C13H19N3O2/c1-13(2,12(17)18)16(3)11-9-6-4-5-7-10(9)14-8-15-11/h8H,4-7H2,1-3H3,(H,17,18). The molecule has 1 aromatic heterocycles. The van der Waals surface area contributed by atoms with Crippen LogP contribution in [0.3, 0.4) is 0 Å². The topological polar surface area (TPSA) is 66.3 Å². The van der Waals surface area contributed by atoms with Crippen LogP contribution in [0.25, 0.3) is 0 Å². The van der Waals surface area contributed by atoms with Crippen LogP contribution in [0.2, 0.25) is 0 Å². The molecule has 0 aromatic carbocycles. The molecule has 18 heavy (non-hydrogen) atoms. The molecule has 0 atom stereocenters. The van der Waals surface area contributed by atoms with E-state index in [0.29, 0.717) is 0 Å². The summed E-state index contributed by atoms with van der Waals surface area (Å²) >= 11 is 0. The molecule has 0 saturated carbocycles. The molecule has 0 fully saturated rings. The normalized spacial score (nSPS) is 15.1. The van der Waals surface area contributed by atoms with Crippen molar-refractivity contribution in [2.75, 3.05) is 11.9 Å². The summed E-state index contributed by atoms with van der Waals surface area (Å²) in [5.41, 5.74) is 1.21. The summed E-state index contributed by atoms with van der Waals surface area (Å²) in [6.07, 6.45) is 5.70. The fourth-order valence-electron chi connectivity index (χ4n) is 2.20. The van der Waals surface area contributed by atoms with Crippen LogP contribution in [0, 0.1) is 0 Å². The number of fused-ring (bicyclic) bond motifs is 1. The Morgan fingerprint density at radius 3 is 2.67 bits per heavy atom. The predicted octanol–water partition coefficient (Wildman–Crippen LogP) is 1.65. The number of rotatable bonds is 3. The summed E-state index contributed by atoms with van der Waals surface area (Å²) in [6, 6.07) is 0. The molecular weight excluding hydrogens is 230 g/mol. The van der Waals surface area contributed by atoms with Crippen molar-refractivity contribution >= 4 is 11.8 Å². The Balaban J connectivity index is 2.42. The largest absolute Gasteiger partial charge is 0.480 e. The molecule has 1 heterocycles. The SMILES string of the molecule is CN(c1ncnc2c1CCCC2)C(C)(C)C(=O)O. The molecule has 0 amide bonds. The van der Waals surface area contributed by atoms with Gasteiger partial charge in [-0.15, -0.1) is 0 Å². The van der Waals surface area contributed by atoms with Crippen LogP contribution in [0.15, 0.2) is 6.33 Å². The van der Waals surface area contributed by atoms with Crippen LogP contribution >= 0.6 is 0 Å². The van der Waals surface area contributed by atoms with Crippen LogP contribution in [-0.2, 0) is 17.6 Å². The van der Waals surface area contributed by atoms with E-state index in [2.05, 4.69) is 9.97 Å². The van der Waals surface area contributed by atoms with E-state index in [0.717, 1.165) is 42.8 Å². The van der Waals surface area contributed by atoms with E-state index in [1.807, 2.05) is 0 Å². The number of aryl methyl sites for hydroxylation is 1. The van der Waals surface area contributed by atoms with Gasteiger partial charge >= 0.3 is 5.97 Å². The van der Waals surface area contributed by atoms with Gasteiger partial charge in [0.1, 0.15) is 17.7 Å². The lowest BCUT2D eigenvalue weighted by Crippen LogP contribution is -2.49. The molecule has 1 N–H and O–H groups in total. The zero-order chi connectivity index (χ0) is 13.3. The van der Waals surface area contributed by atoms with Gasteiger partial charge < -0.3 is 10.0 Å². The molecule has 1 aromatic rings. The van der Waals surface area contributed by atoms with Crippen LogP contribution in [0.4, 0.5) is 5.82 Å². The fourth-order valence-corrected chi connectivity index (χ4v) is 2.20. The van der Waals surface area contributed by atoms with E-state index in [4.69, 9.17) is 0 Å². The van der Waals surface area contributed by atoms with Crippen molar-refractivity contribution in [3.63, 3.8) is 0 Å². The monoisotopic (exact) mass is 249 g/mol. The Morgan fingerprint density at radius 1 is 1.33 bits per heavy atom. The highest BCUT2D eigenvalue weighted by molar-refractivity contribution is 5.82. The third kappa shape index (κ3) is 2.05. The molecule has 0 radical (unpaired) electrons. The summed E-state index contributed by atoms with van der Waals surface area (Å²) in [4.78, 5) is 21.7. The lowest BCUT2D eigenvalue weighted by Gasteiger charge is -2.34. The lowest BCUT2D eigenvalue weighted by atomic mass is 9.95. The van der Waals surface area contributed by atoms with Crippen LogP contribution < -0.4 is 4.90 Å². The number of aliphatic carboxylic acids is 1. The second-order valence-electron chi connectivity index (χ2n) is 5.25. The van der Waals surface area contributed by atoms with Crippen molar-refractivity contribution in [3.05, 3.63) is 17.6 Å². The van der Waals surface area contributed by atoms with Crippen molar-refractivity contribution in [3.8, 4) is 0 Å². The van der Waals surface area contributed by atoms with Gasteiger partial charge in [0.15, 0.2) is 0 Å². The Labute approximate surface area is 107 Å². The van der Waals surface area contributed by atoms with Gasteiger partial charge in [0.25, 0.3) is 0 Å². The quantitative estimate of drug-likeness (QED) is 0.882. The van der Waals surface area contributed by atoms with Crippen LogP contribution in [-0.4, -0.2) is 33.6 Å². The highest BCUT2D eigenvalue weighted by Crippen LogP contribution is 2.29. The smallest absolute Gasteiger partial charge is 0.328 e. The number of aromatic nitrogens is 2. The molecule has 1 aliphatic rings. The van der Waals surface area contributed by atoms with Gasteiger partial charge in [0.05, 0.1) is 0 Å². The minimum absolute atomic E-state index is 0.757. The number of hydrogen-bond donors (Lipinski definition) is 1. The first kappa shape index (κ1) is 12.8. The first-order valence-corrected chi connectivity index (χ1v) is 6.24. The highest BCUT2D eigenvalue weighted by Gasteiger charge is 2.34. The number of carboxylic acid groups (broad SMARTS) is 1. The van der Waals surface area contributed by atoms with E-state index in [9.17, 15) is 9.90 Å². The first-order valence-electron chi connectivity index (χ1n) is 6.24. The van der Waals surface area contributed by atoms with Crippen molar-refractivity contribution < 1.29 is 9.90 Å². The van der Waals surface area contributed by atoms with Gasteiger partial charge in [-0.1, -0.05) is 0 Å². The van der Waals surface area contributed by atoms with Crippen LogP contribution in [0.1, 0.15) is 37.9 Å². The third-order valence-electron chi connectivity index (χ3n) is 3.78. The molecule has 5 nitrogen and oxygen atoms in total. The maximum Gasteiger partial charge on any atom is 0.328 e. The summed E-state index contributed by atoms with van der Waals surface area (Å²) in [5.74, 6) is -0.0970. The van der Waals surface area contributed by atoms with Gasteiger partial charge in [-0.05, 0) is 39.5 Å². The van der Waals surface area contributed by atoms with Crippen LogP contribution in [0.5, 0.6) is 0 Å². The number of carbonyl (C=O) groups is 1. The van der Waals surface area contributed by atoms with E-state index in [1.54, 1.807) is 25.8 Å². The molecule has 0 spiro atoms.